The van der Waals surface area contributed by atoms with E-state index in [0.717, 1.165) is 18.7 Å². The molecule has 0 aromatic carbocycles. The van der Waals surface area contributed by atoms with E-state index in [1.165, 1.54) is 6.42 Å². The number of hydrogen-bond donors (Lipinski definition) is 2. The quantitative estimate of drug-likeness (QED) is 0.603. The summed E-state index contributed by atoms with van der Waals surface area (Å²) in [5, 5.41) is 0. The molecule has 0 saturated heterocycles. The van der Waals surface area contributed by atoms with Crippen molar-refractivity contribution in [2.75, 3.05) is 0 Å². The van der Waals surface area contributed by atoms with Crippen LogP contribution in [0.1, 0.15) is 46.4 Å². The lowest BCUT2D eigenvalue weighted by molar-refractivity contribution is 0.273. The maximum Gasteiger partial charge on any atom is 0.109 e. The zero-order valence-electron chi connectivity index (χ0n) is 12.4. The van der Waals surface area contributed by atoms with Crippen LogP contribution in [-0.2, 0) is 13.5 Å². The fourth-order valence-corrected chi connectivity index (χ4v) is 2.64. The van der Waals surface area contributed by atoms with Gasteiger partial charge in [0, 0.05) is 31.9 Å². The SMILES string of the molecule is CC(CC(Cc1nccn1C)NN)CC(C)(C)C. The second-order valence-corrected chi connectivity index (χ2v) is 6.63. The first-order valence-electron chi connectivity index (χ1n) is 6.74. The summed E-state index contributed by atoms with van der Waals surface area (Å²) in [5.41, 5.74) is 3.31. The van der Waals surface area contributed by atoms with Gasteiger partial charge in [-0.05, 0) is 24.2 Å². The number of aryl methyl sites for hydroxylation is 1. The normalized spacial score (nSPS) is 15.7. The topological polar surface area (TPSA) is 55.9 Å². The van der Waals surface area contributed by atoms with Crippen molar-refractivity contribution in [3.63, 3.8) is 0 Å². The van der Waals surface area contributed by atoms with Gasteiger partial charge in [0.1, 0.15) is 5.82 Å². The molecule has 0 amide bonds. The highest BCUT2D eigenvalue weighted by atomic mass is 15.2. The van der Waals surface area contributed by atoms with E-state index in [1.54, 1.807) is 0 Å². The third kappa shape index (κ3) is 5.19. The summed E-state index contributed by atoms with van der Waals surface area (Å²) in [7, 11) is 2.02. The van der Waals surface area contributed by atoms with Crippen LogP contribution in [0, 0.1) is 11.3 Å². The van der Waals surface area contributed by atoms with Gasteiger partial charge in [0.05, 0.1) is 0 Å². The predicted molar refractivity (Wildman–Crippen MR) is 75.9 cm³/mol. The Morgan fingerprint density at radius 2 is 2.11 bits per heavy atom. The van der Waals surface area contributed by atoms with Gasteiger partial charge < -0.3 is 4.57 Å². The first-order valence-corrected chi connectivity index (χ1v) is 6.74. The maximum atomic E-state index is 5.66. The minimum Gasteiger partial charge on any atom is -0.338 e. The van der Waals surface area contributed by atoms with Crippen LogP contribution in [0.5, 0.6) is 0 Å². The Labute approximate surface area is 111 Å². The number of nitrogens with zero attached hydrogens (tertiary/aromatic N) is 2. The first-order chi connectivity index (χ1) is 8.31. The lowest BCUT2D eigenvalue weighted by Gasteiger charge is -2.26. The van der Waals surface area contributed by atoms with Crippen LogP contribution in [0.4, 0.5) is 0 Å². The molecule has 4 heteroatoms. The van der Waals surface area contributed by atoms with Gasteiger partial charge >= 0.3 is 0 Å². The molecule has 104 valence electrons. The van der Waals surface area contributed by atoms with Crippen molar-refractivity contribution in [2.45, 2.75) is 53.0 Å². The number of nitrogens with one attached hydrogen (secondary N) is 1. The number of rotatable bonds is 6. The van der Waals surface area contributed by atoms with Crippen molar-refractivity contribution in [1.82, 2.24) is 15.0 Å². The highest BCUT2D eigenvalue weighted by Crippen LogP contribution is 2.27. The lowest BCUT2D eigenvalue weighted by atomic mass is 9.82. The molecule has 1 rings (SSSR count). The molecular formula is C14H28N4. The smallest absolute Gasteiger partial charge is 0.109 e. The largest absolute Gasteiger partial charge is 0.338 e. The van der Waals surface area contributed by atoms with Crippen molar-refractivity contribution in [2.24, 2.45) is 24.2 Å². The number of aromatic nitrogens is 2. The van der Waals surface area contributed by atoms with E-state index in [-0.39, 0.29) is 0 Å². The molecule has 1 aromatic heterocycles. The van der Waals surface area contributed by atoms with Crippen LogP contribution < -0.4 is 11.3 Å². The summed E-state index contributed by atoms with van der Waals surface area (Å²) in [6.07, 6.45) is 6.99. The van der Waals surface area contributed by atoms with E-state index >= 15 is 0 Å². The standard InChI is InChI=1S/C14H28N4/c1-11(10-14(2,3)4)8-12(17-15)9-13-16-6-7-18(13)5/h6-7,11-12,17H,8-10,15H2,1-5H3. The zero-order valence-corrected chi connectivity index (χ0v) is 12.4. The van der Waals surface area contributed by atoms with Gasteiger partial charge in [-0.1, -0.05) is 27.7 Å². The van der Waals surface area contributed by atoms with E-state index in [4.69, 9.17) is 5.84 Å². The van der Waals surface area contributed by atoms with Crippen LogP contribution in [0.25, 0.3) is 0 Å². The Morgan fingerprint density at radius 1 is 1.44 bits per heavy atom. The van der Waals surface area contributed by atoms with Crippen LogP contribution in [0.15, 0.2) is 12.4 Å². The van der Waals surface area contributed by atoms with Gasteiger partial charge in [0.2, 0.25) is 0 Å². The van der Waals surface area contributed by atoms with Gasteiger partial charge in [-0.15, -0.1) is 0 Å². The second kappa shape index (κ2) is 6.34. The summed E-state index contributed by atoms with van der Waals surface area (Å²) < 4.78 is 2.05. The Bertz CT molecular complexity index is 351. The molecule has 2 unspecified atom stereocenters. The van der Waals surface area contributed by atoms with Gasteiger partial charge in [-0.3, -0.25) is 11.3 Å². The summed E-state index contributed by atoms with van der Waals surface area (Å²) >= 11 is 0. The lowest BCUT2D eigenvalue weighted by Crippen LogP contribution is -2.39. The van der Waals surface area contributed by atoms with E-state index in [1.807, 2.05) is 19.4 Å². The maximum absolute atomic E-state index is 5.66. The van der Waals surface area contributed by atoms with E-state index in [9.17, 15) is 0 Å². The monoisotopic (exact) mass is 252 g/mol. The summed E-state index contributed by atoms with van der Waals surface area (Å²) in [6.45, 7) is 9.15. The van der Waals surface area contributed by atoms with Crippen molar-refractivity contribution < 1.29 is 0 Å². The average molecular weight is 252 g/mol. The van der Waals surface area contributed by atoms with Gasteiger partial charge in [-0.2, -0.15) is 0 Å². The minimum atomic E-state index is 0.295. The molecule has 4 nitrogen and oxygen atoms in total. The molecule has 0 fully saturated rings. The Hall–Kier alpha value is -0.870. The van der Waals surface area contributed by atoms with Crippen LogP contribution in [0.3, 0.4) is 0 Å². The molecule has 2 atom stereocenters. The molecular weight excluding hydrogens is 224 g/mol. The fraction of sp³-hybridized carbons (Fsp3) is 0.786. The van der Waals surface area contributed by atoms with Crippen molar-refractivity contribution in [3.8, 4) is 0 Å². The predicted octanol–water partition coefficient (Wildman–Crippen LogP) is 2.26. The van der Waals surface area contributed by atoms with Gasteiger partial charge in [0.15, 0.2) is 0 Å². The minimum absolute atomic E-state index is 0.295. The number of nitrogens with two attached hydrogens (primary N) is 1. The molecule has 0 saturated carbocycles. The Kier molecular flexibility index (Phi) is 5.35. The third-order valence-corrected chi connectivity index (χ3v) is 3.23. The number of hydrogen-bond acceptors (Lipinski definition) is 3. The average Bonchev–Trinajstić information content (AvgIpc) is 2.60. The molecule has 0 aliphatic rings. The zero-order chi connectivity index (χ0) is 13.8. The molecule has 0 spiro atoms. The summed E-state index contributed by atoms with van der Waals surface area (Å²) in [6, 6.07) is 0.295. The third-order valence-electron chi connectivity index (χ3n) is 3.23. The van der Waals surface area contributed by atoms with Crippen LogP contribution in [0.2, 0.25) is 0 Å². The Balaban J connectivity index is 2.50. The molecule has 1 heterocycles. The summed E-state index contributed by atoms with van der Waals surface area (Å²) in [5.74, 6) is 7.41. The second-order valence-electron chi connectivity index (χ2n) is 6.63. The first kappa shape index (κ1) is 15.2. The number of hydrazine groups is 1. The van der Waals surface area contributed by atoms with E-state index < -0.39 is 0 Å². The molecule has 0 aliphatic heterocycles. The molecule has 1 aromatic rings. The molecule has 3 N–H and O–H groups in total. The van der Waals surface area contributed by atoms with Crippen LogP contribution in [-0.4, -0.2) is 15.6 Å². The van der Waals surface area contributed by atoms with Crippen LogP contribution >= 0.6 is 0 Å². The molecule has 0 bridgehead atoms. The Morgan fingerprint density at radius 3 is 2.56 bits per heavy atom. The molecule has 18 heavy (non-hydrogen) atoms. The fourth-order valence-electron chi connectivity index (χ4n) is 2.64. The van der Waals surface area contributed by atoms with Gasteiger partial charge in [-0.25, -0.2) is 4.98 Å². The molecule has 0 aliphatic carbocycles. The van der Waals surface area contributed by atoms with Gasteiger partial charge in [0.25, 0.3) is 0 Å². The summed E-state index contributed by atoms with van der Waals surface area (Å²) in [4.78, 5) is 4.35. The van der Waals surface area contributed by atoms with Crippen molar-refractivity contribution >= 4 is 0 Å². The van der Waals surface area contributed by atoms with Crippen molar-refractivity contribution in [3.05, 3.63) is 18.2 Å². The van der Waals surface area contributed by atoms with E-state index in [0.29, 0.717) is 17.4 Å². The van der Waals surface area contributed by atoms with E-state index in [2.05, 4.69) is 42.7 Å². The highest BCUT2D eigenvalue weighted by molar-refractivity contribution is 4.94. The van der Waals surface area contributed by atoms with Crippen molar-refractivity contribution in [1.29, 1.82) is 0 Å². The molecule has 0 radical (unpaired) electrons. The number of imidazole rings is 1. The highest BCUT2D eigenvalue weighted by Gasteiger charge is 2.19.